The smallest absolute Gasteiger partial charge is 0.228 e. The molecule has 0 bridgehead atoms. The molecule has 1 N–H and O–H groups in total. The van der Waals surface area contributed by atoms with Crippen molar-refractivity contribution in [2.75, 3.05) is 31.5 Å². The predicted molar refractivity (Wildman–Crippen MR) is 129 cm³/mol. The molecule has 0 radical (unpaired) electrons. The van der Waals surface area contributed by atoms with Crippen LogP contribution in [0.25, 0.3) is 0 Å². The Bertz CT molecular complexity index is 958. The Morgan fingerprint density at radius 3 is 2.44 bits per heavy atom. The summed E-state index contributed by atoms with van der Waals surface area (Å²) in [5.74, 6) is 0.159. The number of piperidine rings is 1. The molecule has 0 aliphatic carbocycles. The third-order valence-corrected chi connectivity index (χ3v) is 6.91. The second-order valence-electron chi connectivity index (χ2n) is 8.76. The average Bonchev–Trinajstić information content (AvgIpc) is 3.32. The molecule has 2 aromatic rings. The SMILES string of the molecule is O=C(Nc1ccc(CC(=O)N2CCCC2)cc1)[C@H]1CCCN(Cc2ccc(Cl)cc2Cl)C1. The standard InChI is InChI=1S/C25H29Cl2N3O2/c26-21-8-7-19(23(27)15-21)16-29-11-3-4-20(17-29)25(32)28-22-9-5-18(6-10-22)14-24(31)30-12-1-2-13-30/h5-10,15,20H,1-4,11-14,16-17H2,(H,28,32)/t20-/m0/s1. The summed E-state index contributed by atoms with van der Waals surface area (Å²) in [4.78, 5) is 29.4. The van der Waals surface area contributed by atoms with Crippen LogP contribution in [0.3, 0.4) is 0 Å². The fourth-order valence-corrected chi connectivity index (χ4v) is 4.98. The summed E-state index contributed by atoms with van der Waals surface area (Å²) >= 11 is 12.3. The minimum atomic E-state index is -0.0637. The van der Waals surface area contributed by atoms with E-state index in [9.17, 15) is 9.59 Å². The predicted octanol–water partition coefficient (Wildman–Crippen LogP) is 5.01. The van der Waals surface area contributed by atoms with Crippen LogP contribution in [0.15, 0.2) is 42.5 Å². The van der Waals surface area contributed by atoms with Gasteiger partial charge in [0, 0.05) is 41.9 Å². The van der Waals surface area contributed by atoms with Crippen molar-refractivity contribution >= 4 is 40.7 Å². The minimum Gasteiger partial charge on any atom is -0.342 e. The zero-order valence-corrected chi connectivity index (χ0v) is 19.7. The van der Waals surface area contributed by atoms with E-state index < -0.39 is 0 Å². The summed E-state index contributed by atoms with van der Waals surface area (Å²) in [5.41, 5.74) is 2.77. The first-order valence-electron chi connectivity index (χ1n) is 11.3. The molecule has 2 amide bonds. The van der Waals surface area contributed by atoms with Crippen molar-refractivity contribution in [2.45, 2.75) is 38.6 Å². The number of carbonyl (C=O) groups is 2. The van der Waals surface area contributed by atoms with E-state index in [1.54, 1.807) is 6.07 Å². The Hall–Kier alpha value is -2.08. The third-order valence-electron chi connectivity index (χ3n) is 6.32. The van der Waals surface area contributed by atoms with Gasteiger partial charge >= 0.3 is 0 Å². The lowest BCUT2D eigenvalue weighted by molar-refractivity contribution is -0.129. The van der Waals surface area contributed by atoms with E-state index in [1.807, 2.05) is 41.3 Å². The van der Waals surface area contributed by atoms with E-state index in [0.29, 0.717) is 29.6 Å². The molecule has 2 aliphatic rings. The van der Waals surface area contributed by atoms with Crippen molar-refractivity contribution < 1.29 is 9.59 Å². The first-order valence-corrected chi connectivity index (χ1v) is 12.1. The lowest BCUT2D eigenvalue weighted by atomic mass is 9.96. The van der Waals surface area contributed by atoms with Gasteiger partial charge < -0.3 is 10.2 Å². The van der Waals surface area contributed by atoms with Gasteiger partial charge in [-0.15, -0.1) is 0 Å². The quantitative estimate of drug-likeness (QED) is 0.641. The topological polar surface area (TPSA) is 52.7 Å². The Morgan fingerprint density at radius 2 is 1.72 bits per heavy atom. The molecule has 7 heteroatoms. The van der Waals surface area contributed by atoms with Crippen molar-refractivity contribution in [1.82, 2.24) is 9.80 Å². The van der Waals surface area contributed by atoms with Crippen molar-refractivity contribution in [3.05, 3.63) is 63.6 Å². The van der Waals surface area contributed by atoms with Gasteiger partial charge in [0.1, 0.15) is 0 Å². The number of benzene rings is 2. The van der Waals surface area contributed by atoms with Crippen molar-refractivity contribution in [3.63, 3.8) is 0 Å². The van der Waals surface area contributed by atoms with Crippen LogP contribution < -0.4 is 5.32 Å². The van der Waals surface area contributed by atoms with Gasteiger partial charge in [-0.25, -0.2) is 0 Å². The van der Waals surface area contributed by atoms with Crippen molar-refractivity contribution in [3.8, 4) is 0 Å². The number of halogens is 2. The molecule has 2 aliphatic heterocycles. The molecular formula is C25H29Cl2N3O2. The Kier molecular flexibility index (Phi) is 7.71. The Morgan fingerprint density at radius 1 is 0.969 bits per heavy atom. The fourth-order valence-electron chi connectivity index (χ4n) is 4.51. The molecule has 0 spiro atoms. The third kappa shape index (κ3) is 6.03. The first-order chi connectivity index (χ1) is 15.5. The van der Waals surface area contributed by atoms with Gasteiger partial charge in [-0.3, -0.25) is 14.5 Å². The number of nitrogens with one attached hydrogen (secondary N) is 1. The number of carbonyl (C=O) groups excluding carboxylic acids is 2. The van der Waals surface area contributed by atoms with Crippen LogP contribution in [0.2, 0.25) is 10.0 Å². The first kappa shape index (κ1) is 23.1. The lowest BCUT2D eigenvalue weighted by Crippen LogP contribution is -2.40. The molecule has 5 nitrogen and oxygen atoms in total. The van der Waals surface area contributed by atoms with Gasteiger partial charge in [0.25, 0.3) is 0 Å². The normalized spacial score (nSPS) is 19.2. The number of hydrogen-bond donors (Lipinski definition) is 1. The van der Waals surface area contributed by atoms with E-state index >= 15 is 0 Å². The van der Waals surface area contributed by atoms with E-state index in [-0.39, 0.29) is 17.7 Å². The van der Waals surface area contributed by atoms with Crippen LogP contribution in [0, 0.1) is 5.92 Å². The summed E-state index contributed by atoms with van der Waals surface area (Å²) in [6, 6.07) is 13.2. The molecule has 2 fully saturated rings. The van der Waals surface area contributed by atoms with Crippen LogP contribution in [0.1, 0.15) is 36.8 Å². The van der Waals surface area contributed by atoms with Gasteiger partial charge in [-0.1, -0.05) is 41.4 Å². The second kappa shape index (κ2) is 10.7. The molecule has 170 valence electrons. The molecule has 1 atom stereocenters. The Balaban J connectivity index is 1.29. The van der Waals surface area contributed by atoms with Gasteiger partial charge in [-0.05, 0) is 67.6 Å². The summed E-state index contributed by atoms with van der Waals surface area (Å²) < 4.78 is 0. The highest BCUT2D eigenvalue weighted by Gasteiger charge is 2.26. The van der Waals surface area contributed by atoms with Crippen LogP contribution in [-0.2, 0) is 22.6 Å². The monoisotopic (exact) mass is 473 g/mol. The van der Waals surface area contributed by atoms with E-state index in [0.717, 1.165) is 62.1 Å². The minimum absolute atomic E-state index is 0.0396. The summed E-state index contributed by atoms with van der Waals surface area (Å²) in [5, 5.41) is 4.33. The van der Waals surface area contributed by atoms with Crippen LogP contribution in [-0.4, -0.2) is 47.8 Å². The zero-order valence-electron chi connectivity index (χ0n) is 18.2. The molecule has 0 saturated carbocycles. The molecule has 0 unspecified atom stereocenters. The Labute approximate surface area is 199 Å². The summed E-state index contributed by atoms with van der Waals surface area (Å²) in [7, 11) is 0. The van der Waals surface area contributed by atoms with Crippen molar-refractivity contribution in [1.29, 1.82) is 0 Å². The molecule has 32 heavy (non-hydrogen) atoms. The molecule has 2 aromatic carbocycles. The average molecular weight is 474 g/mol. The molecule has 2 saturated heterocycles. The molecule has 0 aromatic heterocycles. The van der Waals surface area contributed by atoms with Gasteiger partial charge in [0.15, 0.2) is 0 Å². The summed E-state index contributed by atoms with van der Waals surface area (Å²) in [6.45, 7) is 4.10. The maximum atomic E-state index is 12.9. The highest BCUT2D eigenvalue weighted by atomic mass is 35.5. The number of likely N-dealkylation sites (tertiary alicyclic amines) is 2. The molecule has 4 rings (SSSR count). The van der Waals surface area contributed by atoms with E-state index in [2.05, 4.69) is 10.2 Å². The van der Waals surface area contributed by atoms with Crippen LogP contribution >= 0.6 is 23.2 Å². The number of anilines is 1. The number of nitrogens with zero attached hydrogens (tertiary/aromatic N) is 2. The fraction of sp³-hybridized carbons (Fsp3) is 0.440. The maximum Gasteiger partial charge on any atom is 0.228 e. The second-order valence-corrected chi connectivity index (χ2v) is 9.60. The number of rotatable bonds is 6. The highest BCUT2D eigenvalue weighted by molar-refractivity contribution is 6.35. The highest BCUT2D eigenvalue weighted by Crippen LogP contribution is 2.25. The van der Waals surface area contributed by atoms with E-state index in [1.165, 1.54) is 0 Å². The van der Waals surface area contributed by atoms with Gasteiger partial charge in [0.2, 0.25) is 11.8 Å². The maximum absolute atomic E-state index is 12.9. The van der Waals surface area contributed by atoms with Crippen LogP contribution in [0.5, 0.6) is 0 Å². The van der Waals surface area contributed by atoms with Gasteiger partial charge in [-0.2, -0.15) is 0 Å². The van der Waals surface area contributed by atoms with Crippen LogP contribution in [0.4, 0.5) is 5.69 Å². The van der Waals surface area contributed by atoms with Crippen molar-refractivity contribution in [2.24, 2.45) is 5.92 Å². The number of amides is 2. The molecular weight excluding hydrogens is 445 g/mol. The largest absolute Gasteiger partial charge is 0.342 e. The zero-order chi connectivity index (χ0) is 22.5. The van der Waals surface area contributed by atoms with E-state index in [4.69, 9.17) is 23.2 Å². The lowest BCUT2D eigenvalue weighted by Gasteiger charge is -2.32. The summed E-state index contributed by atoms with van der Waals surface area (Å²) in [6.07, 6.45) is 4.46. The molecule has 2 heterocycles. The number of hydrogen-bond acceptors (Lipinski definition) is 3. The van der Waals surface area contributed by atoms with Gasteiger partial charge in [0.05, 0.1) is 12.3 Å².